The summed E-state index contributed by atoms with van der Waals surface area (Å²) >= 11 is 0. The van der Waals surface area contributed by atoms with Crippen LogP contribution in [0.4, 0.5) is 0 Å². The maximum absolute atomic E-state index is 12.4. The minimum atomic E-state index is -0.766. The Balaban J connectivity index is 1.50. The van der Waals surface area contributed by atoms with Crippen molar-refractivity contribution in [1.82, 2.24) is 0 Å². The summed E-state index contributed by atoms with van der Waals surface area (Å²) in [5.41, 5.74) is 0.737. The maximum atomic E-state index is 12.4. The zero-order chi connectivity index (χ0) is 24.5. The Morgan fingerprint density at radius 3 is 2.85 bits per heavy atom. The molecule has 0 amide bonds. The van der Waals surface area contributed by atoms with Crippen molar-refractivity contribution in [3.8, 4) is 0 Å². The molecule has 2 saturated carbocycles. The summed E-state index contributed by atoms with van der Waals surface area (Å²) in [5.74, 6) is -0.313. The van der Waals surface area contributed by atoms with E-state index in [4.69, 9.17) is 13.9 Å². The van der Waals surface area contributed by atoms with E-state index in [2.05, 4.69) is 13.5 Å². The first-order valence-corrected chi connectivity index (χ1v) is 11.9. The molecule has 0 spiro atoms. The van der Waals surface area contributed by atoms with E-state index in [1.54, 1.807) is 12.1 Å². The molecule has 2 aliphatic carbocycles. The molecule has 7 heteroatoms. The number of aliphatic hydroxyl groups excluding tert-OH is 2. The fraction of sp³-hybridized carbons (Fsp3) is 0.556. The minimum Gasteiger partial charge on any atom is -0.465 e. The van der Waals surface area contributed by atoms with Gasteiger partial charge in [-0.25, -0.2) is 9.59 Å². The zero-order valence-corrected chi connectivity index (χ0v) is 19.9. The lowest BCUT2D eigenvalue weighted by molar-refractivity contribution is -0.151. The number of carbonyl (C=O) groups is 2. The Bertz CT molecular complexity index is 991. The fourth-order valence-electron chi connectivity index (χ4n) is 6.36. The molecular weight excluding hydrogens is 436 g/mol. The quantitative estimate of drug-likeness (QED) is 0.370. The van der Waals surface area contributed by atoms with Crippen LogP contribution in [-0.2, 0) is 19.1 Å². The Morgan fingerprint density at radius 2 is 2.15 bits per heavy atom. The van der Waals surface area contributed by atoms with Crippen LogP contribution in [0.2, 0.25) is 0 Å². The SMILES string of the molecule is C=C1CC[C@@H]2[C@](C)(CO)[C@H](O)CC[C@@]2(C)[C@@H]1C/C=C1/C(=O)OC[C@H]1OC(=O)/C=C/c1ccco1. The molecule has 4 rings (SSSR count). The number of cyclic esters (lactones) is 1. The van der Waals surface area contributed by atoms with Gasteiger partial charge in [-0.15, -0.1) is 0 Å². The molecule has 2 N–H and O–H groups in total. The molecule has 1 aromatic rings. The van der Waals surface area contributed by atoms with Crippen molar-refractivity contribution in [2.24, 2.45) is 22.7 Å². The maximum Gasteiger partial charge on any atom is 0.337 e. The number of rotatable bonds is 6. The van der Waals surface area contributed by atoms with Gasteiger partial charge in [-0.05, 0) is 67.6 Å². The number of fused-ring (bicyclic) bond motifs is 1. The average Bonchev–Trinajstić information content (AvgIpc) is 3.45. The Kier molecular flexibility index (Phi) is 6.87. The molecular formula is C27H34O7. The highest BCUT2D eigenvalue weighted by molar-refractivity contribution is 5.93. The second-order valence-corrected chi connectivity index (χ2v) is 10.3. The van der Waals surface area contributed by atoms with Gasteiger partial charge in [0.05, 0.1) is 24.5 Å². The normalized spacial score (nSPS) is 37.1. The van der Waals surface area contributed by atoms with Gasteiger partial charge in [0, 0.05) is 11.5 Å². The van der Waals surface area contributed by atoms with Gasteiger partial charge in [-0.2, -0.15) is 0 Å². The van der Waals surface area contributed by atoms with Crippen LogP contribution in [0, 0.1) is 22.7 Å². The molecule has 1 aliphatic heterocycles. The van der Waals surface area contributed by atoms with Crippen LogP contribution >= 0.6 is 0 Å². The molecule has 0 unspecified atom stereocenters. The first-order chi connectivity index (χ1) is 16.2. The van der Waals surface area contributed by atoms with Crippen molar-refractivity contribution in [3.05, 3.63) is 54.0 Å². The molecule has 2 heterocycles. The largest absolute Gasteiger partial charge is 0.465 e. The topological polar surface area (TPSA) is 106 Å². The van der Waals surface area contributed by atoms with Crippen molar-refractivity contribution >= 4 is 18.0 Å². The summed E-state index contributed by atoms with van der Waals surface area (Å²) in [6.07, 6.45) is 8.49. The van der Waals surface area contributed by atoms with Crippen LogP contribution in [0.5, 0.6) is 0 Å². The summed E-state index contributed by atoms with van der Waals surface area (Å²) in [5, 5.41) is 20.8. The number of allylic oxidation sites excluding steroid dienone is 2. The van der Waals surface area contributed by atoms with Crippen LogP contribution in [0.25, 0.3) is 6.08 Å². The van der Waals surface area contributed by atoms with Crippen molar-refractivity contribution in [3.63, 3.8) is 0 Å². The van der Waals surface area contributed by atoms with Gasteiger partial charge in [0.15, 0.2) is 6.10 Å². The number of hydrogen-bond donors (Lipinski definition) is 2. The molecule has 3 aliphatic rings. The number of carbonyl (C=O) groups excluding carboxylic acids is 2. The van der Waals surface area contributed by atoms with E-state index in [1.165, 1.54) is 18.4 Å². The highest BCUT2D eigenvalue weighted by Gasteiger charge is 2.57. The summed E-state index contributed by atoms with van der Waals surface area (Å²) < 4.78 is 15.8. The van der Waals surface area contributed by atoms with E-state index >= 15 is 0 Å². The van der Waals surface area contributed by atoms with E-state index < -0.39 is 29.6 Å². The Morgan fingerprint density at radius 1 is 1.35 bits per heavy atom. The molecule has 0 aromatic carbocycles. The van der Waals surface area contributed by atoms with Crippen molar-refractivity contribution in [2.75, 3.05) is 13.2 Å². The van der Waals surface area contributed by atoms with E-state index in [1.807, 2.05) is 13.0 Å². The first-order valence-electron chi connectivity index (χ1n) is 11.9. The van der Waals surface area contributed by atoms with Gasteiger partial charge in [0.1, 0.15) is 12.4 Å². The number of furan rings is 1. The third kappa shape index (κ3) is 4.39. The lowest BCUT2D eigenvalue weighted by atomic mass is 9.46. The molecule has 1 aromatic heterocycles. The zero-order valence-electron chi connectivity index (χ0n) is 19.9. The van der Waals surface area contributed by atoms with E-state index in [9.17, 15) is 19.8 Å². The van der Waals surface area contributed by atoms with Crippen LogP contribution in [0.15, 0.2) is 52.7 Å². The van der Waals surface area contributed by atoms with Crippen molar-refractivity contribution < 1.29 is 33.7 Å². The van der Waals surface area contributed by atoms with Crippen LogP contribution in [-0.4, -0.2) is 47.6 Å². The van der Waals surface area contributed by atoms with Gasteiger partial charge in [-0.3, -0.25) is 0 Å². The van der Waals surface area contributed by atoms with Gasteiger partial charge in [-0.1, -0.05) is 32.1 Å². The molecule has 0 bridgehead atoms. The third-order valence-corrected chi connectivity index (χ3v) is 8.40. The van der Waals surface area contributed by atoms with Gasteiger partial charge in [0.2, 0.25) is 0 Å². The third-order valence-electron chi connectivity index (χ3n) is 8.40. The second-order valence-electron chi connectivity index (χ2n) is 10.3. The molecule has 6 atom stereocenters. The van der Waals surface area contributed by atoms with Gasteiger partial charge in [0.25, 0.3) is 0 Å². The van der Waals surface area contributed by atoms with Crippen LogP contribution in [0.3, 0.4) is 0 Å². The lowest BCUT2D eigenvalue weighted by Crippen LogP contribution is -2.57. The minimum absolute atomic E-state index is 0.00865. The predicted octanol–water partition coefficient (Wildman–Crippen LogP) is 3.82. The number of esters is 2. The Labute approximate surface area is 200 Å². The molecule has 7 nitrogen and oxygen atoms in total. The monoisotopic (exact) mass is 470 g/mol. The summed E-state index contributed by atoms with van der Waals surface area (Å²) in [6, 6.07) is 3.43. The molecule has 1 saturated heterocycles. The van der Waals surface area contributed by atoms with E-state index in [0.717, 1.165) is 24.8 Å². The summed E-state index contributed by atoms with van der Waals surface area (Å²) in [4.78, 5) is 24.7. The smallest absolute Gasteiger partial charge is 0.337 e. The van der Waals surface area contributed by atoms with Gasteiger partial charge >= 0.3 is 11.9 Å². The standard InChI is InChI=1S/C27H34O7/c1-17-6-10-22-26(2,13-12-23(29)27(22,3)16-28)20(17)9-8-19-21(15-33-25(19)31)34-24(30)11-7-18-5-4-14-32-18/h4-5,7-8,11,14,20-23,28-29H,1,6,9-10,12-13,15-16H2,2-3H3/b11-7+,19-8+/t20-,21-,22+,23-,26+,27+/m1/s1. The highest BCUT2D eigenvalue weighted by Crippen LogP contribution is 2.61. The predicted molar refractivity (Wildman–Crippen MR) is 125 cm³/mol. The first kappa shape index (κ1) is 24.5. The van der Waals surface area contributed by atoms with Gasteiger partial charge < -0.3 is 24.1 Å². The number of hydrogen-bond acceptors (Lipinski definition) is 7. The van der Waals surface area contributed by atoms with Crippen molar-refractivity contribution in [2.45, 2.75) is 58.2 Å². The number of ether oxygens (including phenoxy) is 2. The molecule has 34 heavy (non-hydrogen) atoms. The molecule has 3 fully saturated rings. The van der Waals surface area contributed by atoms with E-state index in [-0.39, 0.29) is 30.5 Å². The second kappa shape index (κ2) is 9.55. The molecule has 184 valence electrons. The average molecular weight is 471 g/mol. The highest BCUT2D eigenvalue weighted by atomic mass is 16.6. The lowest BCUT2D eigenvalue weighted by Gasteiger charge is -2.59. The number of aliphatic hydroxyl groups is 2. The van der Waals surface area contributed by atoms with E-state index in [0.29, 0.717) is 24.2 Å². The molecule has 0 radical (unpaired) electrons. The van der Waals surface area contributed by atoms with Crippen LogP contribution in [0.1, 0.15) is 51.7 Å². The Hall–Kier alpha value is -2.64. The van der Waals surface area contributed by atoms with Crippen LogP contribution < -0.4 is 0 Å². The fourth-order valence-corrected chi connectivity index (χ4v) is 6.36. The van der Waals surface area contributed by atoms with Crippen molar-refractivity contribution in [1.29, 1.82) is 0 Å². The summed E-state index contributed by atoms with van der Waals surface area (Å²) in [7, 11) is 0. The summed E-state index contributed by atoms with van der Waals surface area (Å²) in [6.45, 7) is 8.45.